The highest BCUT2D eigenvalue weighted by atomic mass is 16.5. The molecule has 3 heterocycles. The standard InChI is InChI=1S/C19H26N4O2/c24-19(14-23-18-6-2-1-4-15(18)12-20-23)21-16-7-9-22(10-8-16)13-17-5-3-11-25-17/h1-2,4,6,12,16-17H,3,5,7-11,13-14H2,(H,21,24). The molecule has 25 heavy (non-hydrogen) atoms. The molecular formula is C19H26N4O2. The van der Waals surface area contributed by atoms with Gasteiger partial charge in [0.25, 0.3) is 0 Å². The zero-order valence-electron chi connectivity index (χ0n) is 14.6. The number of fused-ring (bicyclic) bond motifs is 1. The van der Waals surface area contributed by atoms with E-state index in [-0.39, 0.29) is 18.5 Å². The molecule has 0 spiro atoms. The Labute approximate surface area is 148 Å². The highest BCUT2D eigenvalue weighted by Gasteiger charge is 2.24. The number of likely N-dealkylation sites (tertiary alicyclic amines) is 1. The molecule has 1 unspecified atom stereocenters. The largest absolute Gasteiger partial charge is 0.377 e. The van der Waals surface area contributed by atoms with Crippen molar-refractivity contribution in [1.82, 2.24) is 20.0 Å². The number of amides is 1. The van der Waals surface area contributed by atoms with Gasteiger partial charge in [-0.05, 0) is 31.7 Å². The maximum atomic E-state index is 12.4. The van der Waals surface area contributed by atoms with Crippen LogP contribution >= 0.6 is 0 Å². The Morgan fingerprint density at radius 2 is 2.08 bits per heavy atom. The molecule has 1 N–H and O–H groups in total. The number of carbonyl (C=O) groups is 1. The summed E-state index contributed by atoms with van der Waals surface area (Å²) in [5.41, 5.74) is 1.00. The first kappa shape index (κ1) is 16.5. The Hall–Kier alpha value is -1.92. The first-order chi connectivity index (χ1) is 12.3. The fourth-order valence-electron chi connectivity index (χ4n) is 3.90. The van der Waals surface area contributed by atoms with Crippen molar-refractivity contribution in [2.75, 3.05) is 26.2 Å². The van der Waals surface area contributed by atoms with Gasteiger partial charge >= 0.3 is 0 Å². The fraction of sp³-hybridized carbons (Fsp3) is 0.579. The third-order valence-corrected chi connectivity index (χ3v) is 5.28. The van der Waals surface area contributed by atoms with Crippen LogP contribution in [0.3, 0.4) is 0 Å². The van der Waals surface area contributed by atoms with Gasteiger partial charge in [0.1, 0.15) is 6.54 Å². The Kier molecular flexibility index (Phi) is 4.99. The van der Waals surface area contributed by atoms with Crippen LogP contribution in [-0.2, 0) is 16.1 Å². The molecule has 6 heteroatoms. The van der Waals surface area contributed by atoms with Crippen molar-refractivity contribution >= 4 is 16.8 Å². The van der Waals surface area contributed by atoms with Crippen LogP contribution in [0.5, 0.6) is 0 Å². The lowest BCUT2D eigenvalue weighted by atomic mass is 10.0. The predicted octanol–water partition coefficient (Wildman–Crippen LogP) is 1.80. The first-order valence-electron chi connectivity index (χ1n) is 9.32. The molecule has 4 rings (SSSR count). The number of rotatable bonds is 5. The quantitative estimate of drug-likeness (QED) is 0.900. The van der Waals surface area contributed by atoms with Gasteiger partial charge in [-0.1, -0.05) is 18.2 Å². The van der Waals surface area contributed by atoms with E-state index in [0.29, 0.717) is 6.10 Å². The minimum absolute atomic E-state index is 0.0476. The van der Waals surface area contributed by atoms with Gasteiger partial charge in [-0.3, -0.25) is 9.48 Å². The summed E-state index contributed by atoms with van der Waals surface area (Å²) >= 11 is 0. The maximum Gasteiger partial charge on any atom is 0.241 e. The van der Waals surface area contributed by atoms with Gasteiger partial charge in [0.15, 0.2) is 0 Å². The molecule has 134 valence electrons. The van der Waals surface area contributed by atoms with Crippen LogP contribution < -0.4 is 5.32 Å². The summed E-state index contributed by atoms with van der Waals surface area (Å²) in [6.07, 6.45) is 6.63. The van der Waals surface area contributed by atoms with E-state index in [9.17, 15) is 4.79 Å². The molecule has 1 aromatic carbocycles. The van der Waals surface area contributed by atoms with Crippen molar-refractivity contribution in [3.05, 3.63) is 30.5 Å². The normalized spacial score (nSPS) is 22.5. The second kappa shape index (κ2) is 7.54. The van der Waals surface area contributed by atoms with Crippen LogP contribution in [0.25, 0.3) is 10.9 Å². The lowest BCUT2D eigenvalue weighted by molar-refractivity contribution is -0.122. The zero-order chi connectivity index (χ0) is 17.1. The molecule has 1 aromatic heterocycles. The third-order valence-electron chi connectivity index (χ3n) is 5.28. The van der Waals surface area contributed by atoms with Gasteiger partial charge in [-0.2, -0.15) is 5.10 Å². The topological polar surface area (TPSA) is 59.4 Å². The minimum atomic E-state index is 0.0476. The van der Waals surface area contributed by atoms with Crippen molar-refractivity contribution < 1.29 is 9.53 Å². The van der Waals surface area contributed by atoms with Gasteiger partial charge in [-0.25, -0.2) is 0 Å². The number of ether oxygens (including phenoxy) is 1. The summed E-state index contributed by atoms with van der Waals surface area (Å²) in [6, 6.07) is 8.25. The summed E-state index contributed by atoms with van der Waals surface area (Å²) in [5.74, 6) is 0.0476. The minimum Gasteiger partial charge on any atom is -0.377 e. The summed E-state index contributed by atoms with van der Waals surface area (Å²) in [4.78, 5) is 14.8. The second-order valence-electron chi connectivity index (χ2n) is 7.14. The monoisotopic (exact) mass is 342 g/mol. The van der Waals surface area contributed by atoms with Gasteiger partial charge in [0.05, 0.1) is 17.8 Å². The van der Waals surface area contributed by atoms with Gasteiger partial charge in [-0.15, -0.1) is 0 Å². The van der Waals surface area contributed by atoms with Gasteiger partial charge in [0.2, 0.25) is 5.91 Å². The predicted molar refractivity (Wildman–Crippen MR) is 96.3 cm³/mol. The van der Waals surface area contributed by atoms with Crippen molar-refractivity contribution in [2.45, 2.75) is 44.4 Å². The molecular weight excluding hydrogens is 316 g/mol. The number of hydrogen-bond acceptors (Lipinski definition) is 4. The Balaban J connectivity index is 1.25. The van der Waals surface area contributed by atoms with E-state index < -0.39 is 0 Å². The van der Waals surface area contributed by atoms with Crippen LogP contribution in [0.1, 0.15) is 25.7 Å². The number of nitrogens with zero attached hydrogens (tertiary/aromatic N) is 3. The van der Waals surface area contributed by atoms with Crippen molar-refractivity contribution in [1.29, 1.82) is 0 Å². The van der Waals surface area contributed by atoms with E-state index >= 15 is 0 Å². The van der Waals surface area contributed by atoms with E-state index in [1.165, 1.54) is 12.8 Å². The highest BCUT2D eigenvalue weighted by molar-refractivity contribution is 5.82. The number of hydrogen-bond donors (Lipinski definition) is 1. The molecule has 1 amide bonds. The van der Waals surface area contributed by atoms with E-state index in [0.717, 1.165) is 50.0 Å². The van der Waals surface area contributed by atoms with Crippen LogP contribution in [-0.4, -0.2) is 59.0 Å². The molecule has 2 saturated heterocycles. The Morgan fingerprint density at radius 3 is 2.88 bits per heavy atom. The lowest BCUT2D eigenvalue weighted by Crippen LogP contribution is -2.47. The number of carbonyl (C=O) groups excluding carboxylic acids is 1. The summed E-state index contributed by atoms with van der Waals surface area (Å²) < 4.78 is 7.49. The molecule has 2 aromatic rings. The average Bonchev–Trinajstić information content (AvgIpc) is 3.27. The van der Waals surface area contributed by atoms with Crippen molar-refractivity contribution in [3.63, 3.8) is 0 Å². The van der Waals surface area contributed by atoms with E-state index in [2.05, 4.69) is 15.3 Å². The second-order valence-corrected chi connectivity index (χ2v) is 7.14. The van der Waals surface area contributed by atoms with Gasteiger partial charge < -0.3 is 15.0 Å². The van der Waals surface area contributed by atoms with Crippen LogP contribution in [0.15, 0.2) is 30.5 Å². The molecule has 2 aliphatic rings. The molecule has 0 radical (unpaired) electrons. The van der Waals surface area contributed by atoms with E-state index in [1.54, 1.807) is 4.68 Å². The lowest BCUT2D eigenvalue weighted by Gasteiger charge is -2.33. The van der Waals surface area contributed by atoms with Crippen LogP contribution in [0.2, 0.25) is 0 Å². The molecule has 6 nitrogen and oxygen atoms in total. The van der Waals surface area contributed by atoms with E-state index in [1.807, 2.05) is 30.5 Å². The first-order valence-corrected chi connectivity index (χ1v) is 9.32. The molecule has 0 saturated carbocycles. The molecule has 0 bridgehead atoms. The molecule has 2 fully saturated rings. The number of piperidine rings is 1. The third kappa shape index (κ3) is 4.02. The molecule has 1 atom stereocenters. The van der Waals surface area contributed by atoms with Crippen LogP contribution in [0, 0.1) is 0 Å². The smallest absolute Gasteiger partial charge is 0.241 e. The summed E-state index contributed by atoms with van der Waals surface area (Å²) in [5, 5.41) is 8.58. The van der Waals surface area contributed by atoms with E-state index in [4.69, 9.17) is 4.74 Å². The number of aromatic nitrogens is 2. The average molecular weight is 342 g/mol. The zero-order valence-corrected chi connectivity index (χ0v) is 14.6. The molecule has 2 aliphatic heterocycles. The SMILES string of the molecule is O=C(Cn1ncc2ccccc21)NC1CCN(CC2CCCO2)CC1. The Morgan fingerprint density at radius 1 is 1.24 bits per heavy atom. The number of benzene rings is 1. The molecule has 0 aliphatic carbocycles. The van der Waals surface area contributed by atoms with Crippen LogP contribution in [0.4, 0.5) is 0 Å². The number of nitrogens with one attached hydrogen (secondary N) is 1. The summed E-state index contributed by atoms with van der Waals surface area (Å²) in [6.45, 7) is 4.31. The summed E-state index contributed by atoms with van der Waals surface area (Å²) in [7, 11) is 0. The maximum absolute atomic E-state index is 12.4. The number of para-hydroxylation sites is 1. The van der Waals surface area contributed by atoms with Crippen molar-refractivity contribution in [2.24, 2.45) is 0 Å². The Bertz CT molecular complexity index is 715. The highest BCUT2D eigenvalue weighted by Crippen LogP contribution is 2.17. The fourth-order valence-corrected chi connectivity index (χ4v) is 3.90. The van der Waals surface area contributed by atoms with Gasteiger partial charge in [0, 0.05) is 37.7 Å². The van der Waals surface area contributed by atoms with Crippen molar-refractivity contribution in [3.8, 4) is 0 Å².